The molecule has 0 spiro atoms. The molecule has 19 heavy (non-hydrogen) atoms. The van der Waals surface area contributed by atoms with Gasteiger partial charge in [0, 0.05) is 11.5 Å². The summed E-state index contributed by atoms with van der Waals surface area (Å²) >= 11 is 0. The Labute approximate surface area is 114 Å². The van der Waals surface area contributed by atoms with Crippen molar-refractivity contribution in [3.8, 4) is 0 Å². The lowest BCUT2D eigenvalue weighted by atomic mass is 9.78. The van der Waals surface area contributed by atoms with Gasteiger partial charge in [-0.2, -0.15) is 0 Å². The number of Topliss-reactive ketones (excluding diaryl/α,β-unsaturated/α-hetero) is 1. The number of fused-ring (bicyclic) bond motifs is 1. The molecule has 2 aromatic carbocycles. The van der Waals surface area contributed by atoms with Crippen molar-refractivity contribution in [1.82, 2.24) is 0 Å². The second-order valence-corrected chi connectivity index (χ2v) is 5.21. The van der Waals surface area contributed by atoms with Gasteiger partial charge >= 0.3 is 0 Å². The van der Waals surface area contributed by atoms with Gasteiger partial charge in [-0.05, 0) is 36.0 Å². The minimum Gasteiger partial charge on any atom is -0.293 e. The molecule has 0 bridgehead atoms. The lowest BCUT2D eigenvalue weighted by Gasteiger charge is -2.24. The summed E-state index contributed by atoms with van der Waals surface area (Å²) in [6.45, 7) is 2.15. The Hall–Kier alpha value is -1.89. The first-order valence-electron chi connectivity index (χ1n) is 7.00. The predicted octanol–water partition coefficient (Wildman–Crippen LogP) is 4.16. The molecule has 0 fully saturated rings. The molecule has 96 valence electrons. The fourth-order valence-corrected chi connectivity index (χ4v) is 2.94. The number of carbonyl (C=O) groups excluding carboxylic acids is 1. The molecule has 0 N–H and O–H groups in total. The van der Waals surface area contributed by atoms with Gasteiger partial charge in [0.25, 0.3) is 0 Å². The van der Waals surface area contributed by atoms with Crippen molar-refractivity contribution < 1.29 is 4.79 Å². The third kappa shape index (κ3) is 2.21. The SMILES string of the molecule is CCc1ccc2c(c1)CC[C@H](c1ccccc1)C2=O. The van der Waals surface area contributed by atoms with Crippen LogP contribution in [0.4, 0.5) is 0 Å². The molecule has 0 heterocycles. The second kappa shape index (κ2) is 5.00. The fraction of sp³-hybridized carbons (Fsp3) is 0.278. The zero-order valence-electron chi connectivity index (χ0n) is 11.2. The van der Waals surface area contributed by atoms with Gasteiger partial charge in [0.1, 0.15) is 0 Å². The summed E-state index contributed by atoms with van der Waals surface area (Å²) in [5, 5.41) is 0. The zero-order valence-corrected chi connectivity index (χ0v) is 11.2. The lowest BCUT2D eigenvalue weighted by Crippen LogP contribution is -2.21. The smallest absolute Gasteiger partial charge is 0.170 e. The maximum absolute atomic E-state index is 12.6. The van der Waals surface area contributed by atoms with Crippen LogP contribution in [-0.2, 0) is 12.8 Å². The van der Waals surface area contributed by atoms with E-state index in [0.29, 0.717) is 0 Å². The summed E-state index contributed by atoms with van der Waals surface area (Å²) in [6.07, 6.45) is 2.97. The van der Waals surface area contributed by atoms with Crippen LogP contribution < -0.4 is 0 Å². The highest BCUT2D eigenvalue weighted by Gasteiger charge is 2.28. The van der Waals surface area contributed by atoms with E-state index in [1.807, 2.05) is 24.3 Å². The number of carbonyl (C=O) groups is 1. The van der Waals surface area contributed by atoms with Gasteiger partial charge in [0.2, 0.25) is 0 Å². The quantitative estimate of drug-likeness (QED) is 0.782. The Kier molecular flexibility index (Phi) is 3.20. The molecule has 0 amide bonds. The number of benzene rings is 2. The Morgan fingerprint density at radius 2 is 1.89 bits per heavy atom. The molecule has 1 heteroatoms. The monoisotopic (exact) mass is 250 g/mol. The molecule has 0 unspecified atom stereocenters. The van der Waals surface area contributed by atoms with Crippen LogP contribution >= 0.6 is 0 Å². The van der Waals surface area contributed by atoms with E-state index in [1.165, 1.54) is 11.1 Å². The minimum atomic E-state index is 0.0428. The van der Waals surface area contributed by atoms with E-state index in [4.69, 9.17) is 0 Å². The summed E-state index contributed by atoms with van der Waals surface area (Å²) in [6, 6.07) is 16.5. The predicted molar refractivity (Wildman–Crippen MR) is 77.7 cm³/mol. The summed E-state index contributed by atoms with van der Waals surface area (Å²) in [7, 11) is 0. The van der Waals surface area contributed by atoms with Crippen molar-refractivity contribution in [3.05, 3.63) is 70.8 Å². The standard InChI is InChI=1S/C18H18O/c1-2-13-8-10-17-15(12-13)9-11-16(18(17)19)14-6-4-3-5-7-14/h3-8,10,12,16H,2,9,11H2,1H3/t16-/m1/s1. The Morgan fingerprint density at radius 3 is 2.63 bits per heavy atom. The molecule has 1 atom stereocenters. The third-order valence-corrected chi connectivity index (χ3v) is 4.06. The van der Waals surface area contributed by atoms with E-state index >= 15 is 0 Å². The van der Waals surface area contributed by atoms with Crippen LogP contribution in [0.3, 0.4) is 0 Å². The molecule has 1 aliphatic carbocycles. The molecule has 0 aromatic heterocycles. The van der Waals surface area contributed by atoms with Crippen molar-refractivity contribution >= 4 is 5.78 Å². The number of hydrogen-bond donors (Lipinski definition) is 0. The van der Waals surface area contributed by atoms with Crippen LogP contribution in [0.1, 0.15) is 46.3 Å². The Morgan fingerprint density at radius 1 is 1.11 bits per heavy atom. The van der Waals surface area contributed by atoms with Gasteiger partial charge in [-0.1, -0.05) is 55.5 Å². The first-order valence-corrected chi connectivity index (χ1v) is 7.00. The Balaban J connectivity index is 1.97. The summed E-state index contributed by atoms with van der Waals surface area (Å²) in [5.41, 5.74) is 4.64. The molecule has 1 nitrogen and oxygen atoms in total. The molecule has 0 aliphatic heterocycles. The third-order valence-electron chi connectivity index (χ3n) is 4.06. The van der Waals surface area contributed by atoms with Crippen LogP contribution in [0.5, 0.6) is 0 Å². The molecular weight excluding hydrogens is 232 g/mol. The molecule has 0 radical (unpaired) electrons. The maximum atomic E-state index is 12.6. The highest BCUT2D eigenvalue weighted by molar-refractivity contribution is 6.03. The summed E-state index contributed by atoms with van der Waals surface area (Å²) in [5.74, 6) is 0.330. The van der Waals surface area contributed by atoms with Crippen LogP contribution in [0.2, 0.25) is 0 Å². The van der Waals surface area contributed by atoms with E-state index in [-0.39, 0.29) is 11.7 Å². The maximum Gasteiger partial charge on any atom is 0.170 e. The fourth-order valence-electron chi connectivity index (χ4n) is 2.94. The zero-order chi connectivity index (χ0) is 13.2. The van der Waals surface area contributed by atoms with Gasteiger partial charge in [0.15, 0.2) is 5.78 Å². The number of rotatable bonds is 2. The van der Waals surface area contributed by atoms with Crippen molar-refractivity contribution in [2.45, 2.75) is 32.1 Å². The molecule has 0 saturated heterocycles. The van der Waals surface area contributed by atoms with E-state index in [0.717, 1.165) is 30.4 Å². The van der Waals surface area contributed by atoms with Gasteiger partial charge in [0.05, 0.1) is 0 Å². The van der Waals surface area contributed by atoms with E-state index in [2.05, 4.69) is 31.2 Å². The molecule has 0 saturated carbocycles. The normalized spacial score (nSPS) is 18.2. The molecular formula is C18H18O. The van der Waals surface area contributed by atoms with Crippen LogP contribution in [-0.4, -0.2) is 5.78 Å². The average Bonchev–Trinajstić information content (AvgIpc) is 2.48. The minimum absolute atomic E-state index is 0.0428. The molecule has 2 aromatic rings. The van der Waals surface area contributed by atoms with Gasteiger partial charge < -0.3 is 0 Å². The summed E-state index contributed by atoms with van der Waals surface area (Å²) in [4.78, 5) is 12.6. The van der Waals surface area contributed by atoms with Gasteiger partial charge in [-0.15, -0.1) is 0 Å². The van der Waals surface area contributed by atoms with E-state index in [9.17, 15) is 4.79 Å². The highest BCUT2D eigenvalue weighted by Crippen LogP contribution is 2.33. The van der Waals surface area contributed by atoms with Crippen molar-refractivity contribution in [2.75, 3.05) is 0 Å². The first kappa shape index (κ1) is 12.2. The van der Waals surface area contributed by atoms with Crippen molar-refractivity contribution in [3.63, 3.8) is 0 Å². The Bertz CT molecular complexity index is 598. The van der Waals surface area contributed by atoms with Crippen molar-refractivity contribution in [2.24, 2.45) is 0 Å². The van der Waals surface area contributed by atoms with Crippen LogP contribution in [0, 0.1) is 0 Å². The molecule has 3 rings (SSSR count). The van der Waals surface area contributed by atoms with Gasteiger partial charge in [-0.3, -0.25) is 4.79 Å². The van der Waals surface area contributed by atoms with Crippen molar-refractivity contribution in [1.29, 1.82) is 0 Å². The number of aryl methyl sites for hydroxylation is 2. The topological polar surface area (TPSA) is 17.1 Å². The van der Waals surface area contributed by atoms with Crippen LogP contribution in [0.25, 0.3) is 0 Å². The average molecular weight is 250 g/mol. The van der Waals surface area contributed by atoms with Gasteiger partial charge in [-0.25, -0.2) is 0 Å². The van der Waals surface area contributed by atoms with Crippen LogP contribution in [0.15, 0.2) is 48.5 Å². The lowest BCUT2D eigenvalue weighted by molar-refractivity contribution is 0.0946. The van der Waals surface area contributed by atoms with E-state index in [1.54, 1.807) is 0 Å². The molecule has 1 aliphatic rings. The highest BCUT2D eigenvalue weighted by atomic mass is 16.1. The van der Waals surface area contributed by atoms with E-state index < -0.39 is 0 Å². The first-order chi connectivity index (χ1) is 9.29. The number of ketones is 1. The summed E-state index contributed by atoms with van der Waals surface area (Å²) < 4.78 is 0. The number of hydrogen-bond acceptors (Lipinski definition) is 1. The second-order valence-electron chi connectivity index (χ2n) is 5.21. The largest absolute Gasteiger partial charge is 0.293 e.